The number of aryl methyl sites for hydroxylation is 1. The van der Waals surface area contributed by atoms with Crippen LogP contribution in [-0.4, -0.2) is 38.1 Å². The first-order valence-corrected chi connectivity index (χ1v) is 8.69. The van der Waals surface area contributed by atoms with E-state index >= 15 is 0 Å². The summed E-state index contributed by atoms with van der Waals surface area (Å²) >= 11 is 1.21. The van der Waals surface area contributed by atoms with Crippen molar-refractivity contribution >= 4 is 29.6 Å². The highest BCUT2D eigenvalue weighted by atomic mass is 32.2. The van der Waals surface area contributed by atoms with E-state index < -0.39 is 0 Å². The smallest absolute Gasteiger partial charge is 0.233 e. The minimum absolute atomic E-state index is 0.0278. The Hall–Kier alpha value is -2.35. The van der Waals surface area contributed by atoms with Crippen molar-refractivity contribution < 1.29 is 4.79 Å². The van der Waals surface area contributed by atoms with E-state index in [4.69, 9.17) is 11.5 Å². The fraction of sp³-hybridized carbons (Fsp3) is 0.375. The molecule has 0 bridgehead atoms. The lowest BCUT2D eigenvalue weighted by Crippen LogP contribution is -2.32. The number of nitrogens with zero attached hydrogens (tertiary/aromatic N) is 4. The Morgan fingerprint density at radius 2 is 1.75 bits per heavy atom. The Bertz CT molecular complexity index is 671. The second kappa shape index (κ2) is 8.49. The van der Waals surface area contributed by atoms with E-state index in [-0.39, 0.29) is 23.6 Å². The lowest BCUT2D eigenvalue weighted by Gasteiger charge is -2.22. The zero-order valence-electron chi connectivity index (χ0n) is 13.9. The van der Waals surface area contributed by atoms with E-state index in [0.29, 0.717) is 18.2 Å². The molecule has 0 unspecified atom stereocenters. The Labute approximate surface area is 145 Å². The van der Waals surface area contributed by atoms with Crippen LogP contribution in [0.4, 0.5) is 11.9 Å². The lowest BCUT2D eigenvalue weighted by molar-refractivity contribution is -0.129. The molecule has 0 atom stereocenters. The number of benzene rings is 1. The third-order valence-electron chi connectivity index (χ3n) is 3.31. The largest absolute Gasteiger partial charge is 0.368 e. The summed E-state index contributed by atoms with van der Waals surface area (Å²) in [5.41, 5.74) is 13.4. The summed E-state index contributed by atoms with van der Waals surface area (Å²) in [4.78, 5) is 26.0. The van der Waals surface area contributed by atoms with Gasteiger partial charge in [0.25, 0.3) is 0 Å². The average Bonchev–Trinajstić information content (AvgIpc) is 2.53. The molecule has 0 fully saturated rings. The molecule has 1 aromatic heterocycles. The lowest BCUT2D eigenvalue weighted by atomic mass is 10.1. The number of anilines is 2. The van der Waals surface area contributed by atoms with Crippen molar-refractivity contribution in [2.75, 3.05) is 23.8 Å². The van der Waals surface area contributed by atoms with Gasteiger partial charge < -0.3 is 16.4 Å². The number of carbonyl (C=O) groups is 1. The second-order valence-electron chi connectivity index (χ2n) is 5.42. The molecule has 2 rings (SSSR count). The maximum Gasteiger partial charge on any atom is 0.233 e. The highest BCUT2D eigenvalue weighted by Crippen LogP contribution is 2.16. The maximum absolute atomic E-state index is 12.5. The Kier molecular flexibility index (Phi) is 6.36. The van der Waals surface area contributed by atoms with Gasteiger partial charge in [0.1, 0.15) is 0 Å². The number of aromatic nitrogens is 3. The molecule has 0 aliphatic heterocycles. The molecule has 0 saturated heterocycles. The van der Waals surface area contributed by atoms with Crippen LogP contribution in [0.2, 0.25) is 0 Å². The van der Waals surface area contributed by atoms with Crippen LogP contribution in [0.3, 0.4) is 0 Å². The molecule has 0 spiro atoms. The van der Waals surface area contributed by atoms with Gasteiger partial charge in [-0.1, -0.05) is 48.5 Å². The summed E-state index contributed by atoms with van der Waals surface area (Å²) in [6, 6.07) is 8.20. The standard InChI is InChI=1S/C16H22N6OS/c1-3-8-22(9-12-6-4-11(2)5-7-12)13(23)10-24-16-20-14(17)19-15(18)21-16/h4-7H,3,8-10H2,1-2H3,(H4,17,18,19,20,21). The SMILES string of the molecule is CCCN(Cc1ccc(C)cc1)C(=O)CSc1nc(N)nc(N)n1. The number of rotatable bonds is 7. The van der Waals surface area contributed by atoms with Crippen LogP contribution in [-0.2, 0) is 11.3 Å². The number of carbonyl (C=O) groups excluding carboxylic acids is 1. The maximum atomic E-state index is 12.5. The number of amides is 1. The number of nitrogens with two attached hydrogens (primary N) is 2. The van der Waals surface area contributed by atoms with Gasteiger partial charge in [0, 0.05) is 13.1 Å². The summed E-state index contributed by atoms with van der Waals surface area (Å²) in [6.45, 7) is 5.39. The van der Waals surface area contributed by atoms with Crippen molar-refractivity contribution in [1.82, 2.24) is 19.9 Å². The summed E-state index contributed by atoms with van der Waals surface area (Å²) in [7, 11) is 0. The number of thioether (sulfide) groups is 1. The van der Waals surface area contributed by atoms with Gasteiger partial charge in [-0.3, -0.25) is 4.79 Å². The molecule has 0 aliphatic rings. The van der Waals surface area contributed by atoms with Gasteiger partial charge in [-0.05, 0) is 18.9 Å². The predicted octanol–water partition coefficient (Wildman–Crippen LogP) is 1.88. The minimum atomic E-state index is 0.0278. The molecule has 2 aromatic rings. The van der Waals surface area contributed by atoms with Crippen molar-refractivity contribution in [3.8, 4) is 0 Å². The van der Waals surface area contributed by atoms with Crippen molar-refractivity contribution in [2.24, 2.45) is 0 Å². The molecule has 0 saturated carbocycles. The third kappa shape index (κ3) is 5.38. The molecule has 4 N–H and O–H groups in total. The van der Waals surface area contributed by atoms with Gasteiger partial charge in [0.15, 0.2) is 5.16 Å². The summed E-state index contributed by atoms with van der Waals surface area (Å²) in [5, 5.41) is 0.361. The number of hydrogen-bond acceptors (Lipinski definition) is 7. The van der Waals surface area contributed by atoms with Crippen LogP contribution in [0, 0.1) is 6.92 Å². The molecular formula is C16H22N6OS. The number of nitrogen functional groups attached to an aromatic ring is 2. The topological polar surface area (TPSA) is 111 Å². The Morgan fingerprint density at radius 3 is 2.33 bits per heavy atom. The molecule has 0 aliphatic carbocycles. The molecule has 0 radical (unpaired) electrons. The van der Waals surface area contributed by atoms with Crippen LogP contribution in [0.25, 0.3) is 0 Å². The second-order valence-corrected chi connectivity index (χ2v) is 6.37. The minimum Gasteiger partial charge on any atom is -0.368 e. The van der Waals surface area contributed by atoms with E-state index in [2.05, 4.69) is 34.0 Å². The summed E-state index contributed by atoms with van der Waals surface area (Å²) in [5.74, 6) is 0.374. The normalized spacial score (nSPS) is 10.6. The molecular weight excluding hydrogens is 324 g/mol. The molecule has 8 heteroatoms. The summed E-state index contributed by atoms with van der Waals surface area (Å²) < 4.78 is 0. The monoisotopic (exact) mass is 346 g/mol. The van der Waals surface area contributed by atoms with Crippen molar-refractivity contribution in [1.29, 1.82) is 0 Å². The quantitative estimate of drug-likeness (QED) is 0.736. The molecule has 1 aromatic carbocycles. The van der Waals surface area contributed by atoms with E-state index in [1.807, 2.05) is 24.0 Å². The highest BCUT2D eigenvalue weighted by molar-refractivity contribution is 7.99. The number of hydrogen-bond donors (Lipinski definition) is 2. The first kappa shape index (κ1) is 18.0. The average molecular weight is 346 g/mol. The van der Waals surface area contributed by atoms with Gasteiger partial charge in [-0.15, -0.1) is 0 Å². The van der Waals surface area contributed by atoms with Crippen molar-refractivity contribution in [3.05, 3.63) is 35.4 Å². The first-order chi connectivity index (χ1) is 11.5. The summed E-state index contributed by atoms with van der Waals surface area (Å²) in [6.07, 6.45) is 0.897. The van der Waals surface area contributed by atoms with Gasteiger partial charge >= 0.3 is 0 Å². The van der Waals surface area contributed by atoms with E-state index in [1.54, 1.807) is 0 Å². The Morgan fingerprint density at radius 1 is 1.12 bits per heavy atom. The fourth-order valence-corrected chi connectivity index (χ4v) is 2.90. The van der Waals surface area contributed by atoms with E-state index in [0.717, 1.165) is 12.0 Å². The molecule has 128 valence electrons. The molecule has 1 amide bonds. The van der Waals surface area contributed by atoms with Crippen molar-refractivity contribution in [3.63, 3.8) is 0 Å². The van der Waals surface area contributed by atoms with Crippen LogP contribution < -0.4 is 11.5 Å². The fourth-order valence-electron chi connectivity index (χ4n) is 2.15. The first-order valence-electron chi connectivity index (χ1n) is 7.71. The molecule has 7 nitrogen and oxygen atoms in total. The third-order valence-corrected chi connectivity index (χ3v) is 4.15. The van der Waals surface area contributed by atoms with E-state index in [9.17, 15) is 4.79 Å². The van der Waals surface area contributed by atoms with Crippen LogP contribution in [0.1, 0.15) is 24.5 Å². The van der Waals surface area contributed by atoms with Gasteiger partial charge in [0.2, 0.25) is 17.8 Å². The van der Waals surface area contributed by atoms with Crippen LogP contribution in [0.5, 0.6) is 0 Å². The molecule has 24 heavy (non-hydrogen) atoms. The predicted molar refractivity (Wildman–Crippen MR) is 96.3 cm³/mol. The van der Waals surface area contributed by atoms with Crippen LogP contribution in [0.15, 0.2) is 29.4 Å². The van der Waals surface area contributed by atoms with Gasteiger partial charge in [0.05, 0.1) is 5.75 Å². The molecule has 1 heterocycles. The van der Waals surface area contributed by atoms with Gasteiger partial charge in [-0.2, -0.15) is 15.0 Å². The zero-order valence-corrected chi connectivity index (χ0v) is 14.7. The van der Waals surface area contributed by atoms with Gasteiger partial charge in [-0.25, -0.2) is 0 Å². The van der Waals surface area contributed by atoms with Crippen molar-refractivity contribution in [2.45, 2.75) is 32.0 Å². The van der Waals surface area contributed by atoms with Crippen LogP contribution >= 0.6 is 11.8 Å². The highest BCUT2D eigenvalue weighted by Gasteiger charge is 2.15. The van der Waals surface area contributed by atoms with E-state index in [1.165, 1.54) is 17.3 Å². The Balaban J connectivity index is 1.98. The zero-order chi connectivity index (χ0) is 17.5.